The molecule has 2 atom stereocenters. The first-order valence-electron chi connectivity index (χ1n) is 12.9. The number of hydrogen-bond donors (Lipinski definition) is 1. The third-order valence-corrected chi connectivity index (χ3v) is 9.00. The Morgan fingerprint density at radius 3 is 2.62 bits per heavy atom. The van der Waals surface area contributed by atoms with Crippen LogP contribution in [0.2, 0.25) is 10.0 Å². The van der Waals surface area contributed by atoms with Gasteiger partial charge in [0, 0.05) is 59.2 Å². The van der Waals surface area contributed by atoms with Gasteiger partial charge in [0.05, 0.1) is 5.69 Å². The average molecular weight is 609 g/mol. The van der Waals surface area contributed by atoms with E-state index in [1.807, 2.05) is 22.1 Å². The second kappa shape index (κ2) is 11.4. The van der Waals surface area contributed by atoms with Crippen LogP contribution in [0.1, 0.15) is 54.0 Å². The molecule has 0 radical (unpaired) electrons. The summed E-state index contributed by atoms with van der Waals surface area (Å²) in [6.45, 7) is 3.03. The molecule has 2 unspecified atom stereocenters. The molecule has 3 heterocycles. The van der Waals surface area contributed by atoms with E-state index in [0.717, 1.165) is 74.0 Å². The number of guanidine groups is 1. The SMILES string of the molecule is CO/N=C(\N)N1CCC(CC(=O)N2CCC(C3c4ncc(Br)cc4CCc4cc(Cl)cc(Cl)c43)CC2)C1. The molecule has 2 aliphatic heterocycles. The van der Waals surface area contributed by atoms with Gasteiger partial charge >= 0.3 is 0 Å². The van der Waals surface area contributed by atoms with Gasteiger partial charge in [0.15, 0.2) is 0 Å². The number of aryl methyl sites for hydroxylation is 2. The van der Waals surface area contributed by atoms with Crippen molar-refractivity contribution in [2.24, 2.45) is 22.7 Å². The summed E-state index contributed by atoms with van der Waals surface area (Å²) >= 11 is 16.8. The van der Waals surface area contributed by atoms with Gasteiger partial charge in [-0.1, -0.05) is 23.2 Å². The number of aromatic nitrogens is 1. The molecule has 1 amide bonds. The van der Waals surface area contributed by atoms with Crippen LogP contribution < -0.4 is 5.73 Å². The monoisotopic (exact) mass is 607 g/mol. The van der Waals surface area contributed by atoms with Crippen LogP contribution in [-0.2, 0) is 22.5 Å². The maximum Gasteiger partial charge on any atom is 0.233 e. The number of amides is 1. The lowest BCUT2D eigenvalue weighted by atomic mass is 9.76. The Morgan fingerprint density at radius 1 is 1.14 bits per heavy atom. The van der Waals surface area contributed by atoms with Gasteiger partial charge in [-0.15, -0.1) is 0 Å². The molecule has 37 heavy (non-hydrogen) atoms. The van der Waals surface area contributed by atoms with E-state index in [4.69, 9.17) is 38.8 Å². The van der Waals surface area contributed by atoms with Crippen LogP contribution in [-0.4, -0.2) is 59.9 Å². The molecule has 10 heteroatoms. The molecule has 0 bridgehead atoms. The fourth-order valence-corrected chi connectivity index (χ4v) is 7.28. The number of nitrogens with zero attached hydrogens (tertiary/aromatic N) is 4. The van der Waals surface area contributed by atoms with Crippen LogP contribution in [0.25, 0.3) is 0 Å². The zero-order valence-electron chi connectivity index (χ0n) is 20.9. The minimum atomic E-state index is 0.0917. The number of benzene rings is 1. The molecule has 2 N–H and O–H groups in total. The van der Waals surface area contributed by atoms with Gasteiger partial charge in [0.1, 0.15) is 7.11 Å². The van der Waals surface area contributed by atoms with Crippen LogP contribution in [0.4, 0.5) is 0 Å². The fourth-order valence-electron chi connectivity index (χ4n) is 6.25. The standard InChI is InChI=1S/C27H32BrCl2N5O2/c1-37-33-27(31)35-7-4-16(15-35)10-23(36)34-8-5-17(6-9-34)25-24-18(12-21(29)13-22(24)30)2-3-19-11-20(28)14-32-26(19)25/h11-14,16-17,25H,2-10,15H2,1H3,(H2,31,33). The van der Waals surface area contributed by atoms with E-state index < -0.39 is 0 Å². The van der Waals surface area contributed by atoms with Crippen molar-refractivity contribution >= 4 is 51.0 Å². The summed E-state index contributed by atoms with van der Waals surface area (Å²) in [4.78, 5) is 26.9. The lowest BCUT2D eigenvalue weighted by Gasteiger charge is -2.37. The molecule has 0 spiro atoms. The normalized spacial score (nSPS) is 22.4. The lowest BCUT2D eigenvalue weighted by Crippen LogP contribution is -2.41. The summed E-state index contributed by atoms with van der Waals surface area (Å²) in [5, 5.41) is 5.20. The fraction of sp³-hybridized carbons (Fsp3) is 0.519. The smallest absolute Gasteiger partial charge is 0.233 e. The highest BCUT2D eigenvalue weighted by Gasteiger charge is 2.37. The van der Waals surface area contributed by atoms with Crippen molar-refractivity contribution in [3.05, 3.63) is 61.3 Å². The Kier molecular flexibility index (Phi) is 8.17. The van der Waals surface area contributed by atoms with Crippen molar-refractivity contribution in [2.45, 2.75) is 44.4 Å². The van der Waals surface area contributed by atoms with E-state index in [1.165, 1.54) is 18.2 Å². The number of carbonyl (C=O) groups is 1. The van der Waals surface area contributed by atoms with Crippen LogP contribution in [0, 0.1) is 11.8 Å². The minimum absolute atomic E-state index is 0.0917. The number of rotatable bonds is 4. The zero-order chi connectivity index (χ0) is 26.1. The van der Waals surface area contributed by atoms with Crippen molar-refractivity contribution < 1.29 is 9.63 Å². The summed E-state index contributed by atoms with van der Waals surface area (Å²) in [6.07, 6.45) is 6.96. The van der Waals surface area contributed by atoms with E-state index in [9.17, 15) is 4.79 Å². The highest BCUT2D eigenvalue weighted by molar-refractivity contribution is 9.10. The van der Waals surface area contributed by atoms with Crippen molar-refractivity contribution in [3.63, 3.8) is 0 Å². The van der Waals surface area contributed by atoms with Crippen LogP contribution >= 0.6 is 39.1 Å². The molecule has 1 aliphatic carbocycles. The maximum atomic E-state index is 13.2. The summed E-state index contributed by atoms with van der Waals surface area (Å²) < 4.78 is 0.987. The number of fused-ring (bicyclic) bond motifs is 2. The molecular weight excluding hydrogens is 577 g/mol. The number of hydrogen-bond acceptors (Lipinski definition) is 4. The van der Waals surface area contributed by atoms with Crippen LogP contribution in [0.3, 0.4) is 0 Å². The van der Waals surface area contributed by atoms with E-state index in [2.05, 4.69) is 33.2 Å². The summed E-state index contributed by atoms with van der Waals surface area (Å²) in [5.74, 6) is 1.32. The number of likely N-dealkylation sites (tertiary alicyclic amines) is 2. The average Bonchev–Trinajstić information content (AvgIpc) is 3.27. The van der Waals surface area contributed by atoms with Gasteiger partial charge < -0.3 is 20.4 Å². The number of nitrogens with two attached hydrogens (primary N) is 1. The van der Waals surface area contributed by atoms with Crippen molar-refractivity contribution in [1.82, 2.24) is 14.8 Å². The first-order chi connectivity index (χ1) is 17.8. The molecule has 198 valence electrons. The highest BCUT2D eigenvalue weighted by Crippen LogP contribution is 2.46. The predicted octanol–water partition coefficient (Wildman–Crippen LogP) is 5.21. The molecule has 0 saturated carbocycles. The first kappa shape index (κ1) is 26.6. The largest absolute Gasteiger partial charge is 0.396 e. The van der Waals surface area contributed by atoms with Gasteiger partial charge in [0.2, 0.25) is 11.9 Å². The Balaban J connectivity index is 1.30. The number of carbonyl (C=O) groups excluding carboxylic acids is 1. The number of oxime groups is 1. The summed E-state index contributed by atoms with van der Waals surface area (Å²) in [6, 6.07) is 6.10. The number of piperidine rings is 1. The molecular formula is C27H32BrCl2N5O2. The molecule has 2 saturated heterocycles. The van der Waals surface area contributed by atoms with E-state index in [-0.39, 0.29) is 17.7 Å². The zero-order valence-corrected chi connectivity index (χ0v) is 24.0. The topological polar surface area (TPSA) is 84.0 Å². The van der Waals surface area contributed by atoms with E-state index >= 15 is 0 Å². The maximum absolute atomic E-state index is 13.2. The van der Waals surface area contributed by atoms with Gasteiger partial charge in [0.25, 0.3) is 0 Å². The molecule has 2 aromatic rings. The van der Waals surface area contributed by atoms with Crippen LogP contribution in [0.5, 0.6) is 0 Å². The third kappa shape index (κ3) is 5.71. The predicted molar refractivity (Wildman–Crippen MR) is 150 cm³/mol. The number of pyridine rings is 1. The third-order valence-electron chi connectivity index (χ3n) is 8.04. The summed E-state index contributed by atoms with van der Waals surface area (Å²) in [7, 11) is 1.48. The van der Waals surface area contributed by atoms with Gasteiger partial charge in [-0.05, 0) is 99.9 Å². The first-order valence-corrected chi connectivity index (χ1v) is 14.4. The Hall–Kier alpha value is -2.03. The Bertz CT molecular complexity index is 1200. The van der Waals surface area contributed by atoms with Gasteiger partial charge in [-0.2, -0.15) is 0 Å². The Labute approximate surface area is 236 Å². The van der Waals surface area contributed by atoms with Gasteiger partial charge in [-0.25, -0.2) is 0 Å². The molecule has 7 nitrogen and oxygen atoms in total. The molecule has 3 aliphatic rings. The molecule has 1 aromatic carbocycles. The highest BCUT2D eigenvalue weighted by atomic mass is 79.9. The molecule has 2 fully saturated rings. The second-order valence-corrected chi connectivity index (χ2v) is 12.1. The Morgan fingerprint density at radius 2 is 1.86 bits per heavy atom. The van der Waals surface area contributed by atoms with Gasteiger partial charge in [-0.3, -0.25) is 9.78 Å². The van der Waals surface area contributed by atoms with Crippen LogP contribution in [0.15, 0.2) is 34.0 Å². The number of halogens is 3. The quantitative estimate of drug-likeness (QED) is 0.293. The second-order valence-electron chi connectivity index (χ2n) is 10.3. The molecule has 1 aromatic heterocycles. The summed E-state index contributed by atoms with van der Waals surface area (Å²) in [5.41, 5.74) is 10.7. The minimum Gasteiger partial charge on any atom is -0.396 e. The van der Waals surface area contributed by atoms with E-state index in [1.54, 1.807) is 0 Å². The molecule has 5 rings (SSSR count). The van der Waals surface area contributed by atoms with E-state index in [0.29, 0.717) is 28.3 Å². The van der Waals surface area contributed by atoms with Crippen molar-refractivity contribution in [1.29, 1.82) is 0 Å². The lowest BCUT2D eigenvalue weighted by molar-refractivity contribution is -0.133. The van der Waals surface area contributed by atoms with Crippen molar-refractivity contribution in [2.75, 3.05) is 33.3 Å². The van der Waals surface area contributed by atoms with Crippen molar-refractivity contribution in [3.8, 4) is 0 Å².